The van der Waals surface area contributed by atoms with Crippen LogP contribution in [-0.2, 0) is 44.9 Å². The molecule has 1 aromatic heterocycles. The number of phenolic OH excluding ortho intramolecular Hbond substituents is 1. The van der Waals surface area contributed by atoms with Crippen LogP contribution in [0.4, 0.5) is 33.3 Å². The molecule has 0 atom stereocenters. The van der Waals surface area contributed by atoms with Crippen molar-refractivity contribution in [2.45, 2.75) is 14.7 Å². The third-order valence-corrected chi connectivity index (χ3v) is 11.2. The number of hydrogen-bond donors (Lipinski definition) is 6. The summed E-state index contributed by atoms with van der Waals surface area (Å²) in [5, 5.41) is 23.8. The van der Waals surface area contributed by atoms with Gasteiger partial charge in [-0.25, -0.2) is 8.42 Å². The van der Waals surface area contributed by atoms with Crippen molar-refractivity contribution in [3.63, 3.8) is 0 Å². The minimum Gasteiger partial charge on any atom is -0.505 e. The van der Waals surface area contributed by atoms with Gasteiger partial charge in [-0.1, -0.05) is 24.8 Å². The lowest BCUT2D eigenvalue weighted by molar-refractivity contribution is 0.159. The molecule has 0 saturated heterocycles. The quantitative estimate of drug-likeness (QED) is 0.0495. The number of fused-ring (bicyclic) bond motifs is 2. The molecular formula is C29H26FN7O13S4. The first-order chi connectivity index (χ1) is 25.2. The number of anilines is 3. The molecule has 54 heavy (non-hydrogen) atoms. The molecule has 0 amide bonds. The van der Waals surface area contributed by atoms with Crippen LogP contribution in [0.3, 0.4) is 0 Å². The van der Waals surface area contributed by atoms with Gasteiger partial charge in [0.05, 0.1) is 19.0 Å². The number of aromatic hydroxyl groups is 1. The van der Waals surface area contributed by atoms with Gasteiger partial charge in [0.1, 0.15) is 26.1 Å². The molecule has 25 heteroatoms. The van der Waals surface area contributed by atoms with E-state index in [-0.39, 0.29) is 59.3 Å². The molecule has 0 saturated carbocycles. The molecular weight excluding hydrogens is 802 g/mol. The Morgan fingerprint density at radius 2 is 1.46 bits per heavy atom. The van der Waals surface area contributed by atoms with E-state index < -0.39 is 83.5 Å². The van der Waals surface area contributed by atoms with Crippen LogP contribution < -0.4 is 10.6 Å². The molecule has 0 fully saturated rings. The van der Waals surface area contributed by atoms with Crippen LogP contribution in [0.2, 0.25) is 0 Å². The van der Waals surface area contributed by atoms with Crippen LogP contribution >= 0.6 is 0 Å². The van der Waals surface area contributed by atoms with Gasteiger partial charge in [-0.2, -0.15) is 44.6 Å². The van der Waals surface area contributed by atoms with Crippen LogP contribution in [0.15, 0.2) is 91.5 Å². The summed E-state index contributed by atoms with van der Waals surface area (Å²) in [6, 6.07) is 9.82. The summed E-state index contributed by atoms with van der Waals surface area (Å²) >= 11 is 0. The van der Waals surface area contributed by atoms with Gasteiger partial charge < -0.3 is 20.5 Å². The van der Waals surface area contributed by atoms with Crippen LogP contribution in [0.1, 0.15) is 0 Å². The zero-order valence-electron chi connectivity index (χ0n) is 27.0. The second kappa shape index (κ2) is 15.2. The number of halogens is 1. The molecule has 0 aliphatic heterocycles. The van der Waals surface area contributed by atoms with Crippen molar-refractivity contribution in [2.75, 3.05) is 36.1 Å². The Morgan fingerprint density at radius 1 is 0.778 bits per heavy atom. The van der Waals surface area contributed by atoms with E-state index in [1.807, 2.05) is 0 Å². The van der Waals surface area contributed by atoms with Gasteiger partial charge in [-0.3, -0.25) is 13.7 Å². The monoisotopic (exact) mass is 827 g/mol. The summed E-state index contributed by atoms with van der Waals surface area (Å²) in [6.45, 7) is 3.15. The number of benzene rings is 4. The number of nitrogens with one attached hydrogen (secondary N) is 2. The fraction of sp³-hybridized carbons (Fsp3) is 0.138. The molecule has 6 N–H and O–H groups in total. The predicted octanol–water partition coefficient (Wildman–Crippen LogP) is 3.91. The highest BCUT2D eigenvalue weighted by atomic mass is 32.2. The Morgan fingerprint density at radius 3 is 2.13 bits per heavy atom. The maximum Gasteiger partial charge on any atom is 0.315 e. The third kappa shape index (κ3) is 9.26. The number of aromatic nitrogens is 3. The highest BCUT2D eigenvalue weighted by Crippen LogP contribution is 2.43. The van der Waals surface area contributed by atoms with Gasteiger partial charge in [0.2, 0.25) is 11.9 Å². The lowest BCUT2D eigenvalue weighted by Crippen LogP contribution is -2.16. The van der Waals surface area contributed by atoms with E-state index in [0.29, 0.717) is 0 Å². The van der Waals surface area contributed by atoms with Gasteiger partial charge in [0.15, 0.2) is 15.6 Å². The molecule has 0 unspecified atom stereocenters. The highest BCUT2D eigenvalue weighted by molar-refractivity contribution is 7.94. The van der Waals surface area contributed by atoms with E-state index in [1.54, 1.807) is 0 Å². The molecule has 5 aromatic rings. The van der Waals surface area contributed by atoms with Crippen LogP contribution in [0, 0.1) is 6.08 Å². The van der Waals surface area contributed by atoms with Crippen molar-refractivity contribution in [2.24, 2.45) is 10.2 Å². The van der Waals surface area contributed by atoms with E-state index in [4.69, 9.17) is 4.74 Å². The van der Waals surface area contributed by atoms with E-state index in [0.717, 1.165) is 41.8 Å². The minimum absolute atomic E-state index is 0.0103. The smallest absolute Gasteiger partial charge is 0.315 e. The van der Waals surface area contributed by atoms with Crippen molar-refractivity contribution in [1.29, 1.82) is 0 Å². The van der Waals surface area contributed by atoms with E-state index >= 15 is 0 Å². The first-order valence-corrected chi connectivity index (χ1v) is 20.8. The fourth-order valence-corrected chi connectivity index (χ4v) is 7.61. The summed E-state index contributed by atoms with van der Waals surface area (Å²) in [4.78, 5) is 8.40. The van der Waals surface area contributed by atoms with Crippen molar-refractivity contribution in [3.8, 4) is 5.75 Å². The number of sulfone groups is 1. The SMILES string of the molecule is C=CS(=O)(=O)CCOCCNc1nc(F)nc(Nc2ccc3c(O)c(N=Nc4ccc5c(S(=O)(=O)O)cccc5c4S(=O)(=O)O)c(S(=O)(=O)O)cc3c2)n1. The molecule has 1 heterocycles. The average molecular weight is 828 g/mol. The van der Waals surface area contributed by atoms with Gasteiger partial charge in [0, 0.05) is 33.8 Å². The number of hydrogen-bond acceptors (Lipinski definition) is 17. The molecule has 0 bridgehead atoms. The van der Waals surface area contributed by atoms with Crippen molar-refractivity contribution < 1.29 is 61.6 Å². The summed E-state index contributed by atoms with van der Waals surface area (Å²) in [6.07, 6.45) is -1.20. The van der Waals surface area contributed by atoms with E-state index in [1.165, 1.54) is 18.2 Å². The molecule has 5 rings (SSSR count). The lowest BCUT2D eigenvalue weighted by Gasteiger charge is -2.12. The summed E-state index contributed by atoms with van der Waals surface area (Å²) < 4.78 is 145. The Bertz CT molecular complexity index is 2800. The Kier molecular flexibility index (Phi) is 11.3. The molecule has 4 aromatic carbocycles. The lowest BCUT2D eigenvalue weighted by atomic mass is 10.1. The fourth-order valence-electron chi connectivity index (χ4n) is 4.90. The van der Waals surface area contributed by atoms with Gasteiger partial charge in [-0.15, -0.1) is 10.2 Å². The minimum atomic E-state index is -5.20. The maximum absolute atomic E-state index is 14.2. The summed E-state index contributed by atoms with van der Waals surface area (Å²) in [5.41, 5.74) is -1.39. The van der Waals surface area contributed by atoms with Gasteiger partial charge in [-0.05, 0) is 41.8 Å². The number of nitrogens with zero attached hydrogens (tertiary/aromatic N) is 5. The average Bonchev–Trinajstić information content (AvgIpc) is 3.07. The van der Waals surface area contributed by atoms with Crippen LogP contribution in [0.5, 0.6) is 5.75 Å². The number of ether oxygens (including phenoxy) is 1. The predicted molar refractivity (Wildman–Crippen MR) is 190 cm³/mol. The van der Waals surface area contributed by atoms with Crippen molar-refractivity contribution in [1.82, 2.24) is 15.0 Å². The largest absolute Gasteiger partial charge is 0.505 e. The standard InChI is InChI=1S/C29H26FN7O13S4/c1-2-51(39,40)13-12-50-11-10-31-28-33-27(30)34-29(35-28)32-17-6-7-18-16(14-17)15-23(53(44,45)46)24(25(18)38)37-36-21-9-8-19-20(26(21)54(47,48)49)4-3-5-22(19)52(41,42)43/h2-9,14-15,38H,1,10-13H2,(H,41,42,43)(H,44,45,46)(H,47,48,49)(H2,31,32,33,34,35). The molecule has 20 nitrogen and oxygen atoms in total. The normalized spacial score (nSPS) is 12.7. The van der Waals surface area contributed by atoms with Crippen LogP contribution in [0.25, 0.3) is 21.5 Å². The number of phenols is 1. The Labute approximate surface area is 305 Å². The van der Waals surface area contributed by atoms with Gasteiger partial charge in [0.25, 0.3) is 30.4 Å². The number of rotatable bonds is 15. The second-order valence-electron chi connectivity index (χ2n) is 10.8. The zero-order chi connectivity index (χ0) is 39.6. The Hall–Kier alpha value is -5.28. The van der Waals surface area contributed by atoms with Crippen molar-refractivity contribution in [3.05, 3.63) is 72.7 Å². The summed E-state index contributed by atoms with van der Waals surface area (Å²) in [7, 11) is -18.7. The Balaban J connectivity index is 1.46. The highest BCUT2D eigenvalue weighted by Gasteiger charge is 2.26. The molecule has 0 radical (unpaired) electrons. The molecule has 0 aliphatic carbocycles. The van der Waals surface area contributed by atoms with Crippen LogP contribution in [-0.4, -0.2) is 92.9 Å². The molecule has 0 aliphatic rings. The zero-order valence-corrected chi connectivity index (χ0v) is 30.3. The topological polar surface area (TPSA) is 314 Å². The maximum atomic E-state index is 14.2. The van der Waals surface area contributed by atoms with Gasteiger partial charge >= 0.3 is 6.08 Å². The first kappa shape index (κ1) is 39.9. The molecule has 286 valence electrons. The second-order valence-corrected chi connectivity index (χ2v) is 17.1. The third-order valence-electron chi connectivity index (χ3n) is 7.23. The number of azo groups is 1. The first-order valence-electron chi connectivity index (χ1n) is 14.7. The molecule has 0 spiro atoms. The van der Waals surface area contributed by atoms with E-state index in [9.17, 15) is 56.8 Å². The summed E-state index contributed by atoms with van der Waals surface area (Å²) in [5.74, 6) is -1.68. The van der Waals surface area contributed by atoms with Crippen molar-refractivity contribution >= 4 is 90.7 Å². The van der Waals surface area contributed by atoms with E-state index in [2.05, 4.69) is 42.4 Å².